The number of hydrogen-bond acceptors (Lipinski definition) is 1. The van der Waals surface area contributed by atoms with Crippen molar-refractivity contribution >= 4 is 0 Å². The molecule has 0 fully saturated rings. The fourth-order valence-electron chi connectivity index (χ4n) is 2.27. The first-order valence-electron chi connectivity index (χ1n) is 6.33. The maximum Gasteiger partial charge on any atom is 0.416 e. The molecule has 0 heterocycles. The van der Waals surface area contributed by atoms with E-state index in [1.807, 2.05) is 31.2 Å². The molecule has 1 atom stereocenters. The summed E-state index contributed by atoms with van der Waals surface area (Å²) in [4.78, 5) is 0. The minimum atomic E-state index is -4.35. The average Bonchev–Trinajstić information content (AvgIpc) is 2.41. The van der Waals surface area contributed by atoms with Crippen LogP contribution in [0.1, 0.15) is 28.3 Å². The minimum Gasteiger partial charge on any atom is -0.309 e. The molecule has 1 N–H and O–H groups in total. The van der Waals surface area contributed by atoms with Crippen LogP contribution in [-0.4, -0.2) is 7.05 Å². The van der Waals surface area contributed by atoms with E-state index in [9.17, 15) is 13.2 Å². The van der Waals surface area contributed by atoms with E-state index in [0.717, 1.165) is 17.2 Å². The molecule has 0 aromatic heterocycles. The van der Waals surface area contributed by atoms with Crippen LogP contribution in [0.15, 0.2) is 48.5 Å². The largest absolute Gasteiger partial charge is 0.416 e. The van der Waals surface area contributed by atoms with Gasteiger partial charge in [-0.2, -0.15) is 13.2 Å². The Morgan fingerprint density at radius 3 is 2.10 bits per heavy atom. The van der Waals surface area contributed by atoms with Gasteiger partial charge < -0.3 is 5.32 Å². The lowest BCUT2D eigenvalue weighted by Gasteiger charge is -2.22. The SMILES string of the molecule is CNC(c1ccc(C)cc1)c1ccccc1C(F)(F)F. The lowest BCUT2D eigenvalue weighted by Crippen LogP contribution is -2.21. The summed E-state index contributed by atoms with van der Waals surface area (Å²) in [6, 6.07) is 12.7. The molecule has 0 aliphatic rings. The van der Waals surface area contributed by atoms with Crippen molar-refractivity contribution in [2.45, 2.75) is 19.1 Å². The lowest BCUT2D eigenvalue weighted by molar-refractivity contribution is -0.138. The van der Waals surface area contributed by atoms with Crippen LogP contribution in [0.4, 0.5) is 13.2 Å². The Kier molecular flexibility index (Phi) is 4.14. The standard InChI is InChI=1S/C16H16F3N/c1-11-7-9-12(10-8-11)15(20-2)13-5-3-4-6-14(13)16(17,18)19/h3-10,15,20H,1-2H3. The topological polar surface area (TPSA) is 12.0 Å². The Bertz CT molecular complexity index is 573. The Labute approximate surface area is 116 Å². The van der Waals surface area contributed by atoms with Gasteiger partial charge in [0.2, 0.25) is 0 Å². The maximum absolute atomic E-state index is 13.1. The van der Waals surface area contributed by atoms with Gasteiger partial charge in [0.15, 0.2) is 0 Å². The van der Waals surface area contributed by atoms with E-state index >= 15 is 0 Å². The summed E-state index contributed by atoms with van der Waals surface area (Å²) in [6.07, 6.45) is -4.35. The van der Waals surface area contributed by atoms with Crippen LogP contribution in [0, 0.1) is 6.92 Å². The van der Waals surface area contributed by atoms with Crippen molar-refractivity contribution in [1.29, 1.82) is 0 Å². The fraction of sp³-hybridized carbons (Fsp3) is 0.250. The molecule has 0 spiro atoms. The summed E-state index contributed by atoms with van der Waals surface area (Å²) in [6.45, 7) is 1.95. The molecule has 106 valence electrons. The first kappa shape index (κ1) is 14.6. The normalized spacial score (nSPS) is 13.2. The van der Waals surface area contributed by atoms with Crippen molar-refractivity contribution in [3.63, 3.8) is 0 Å². The van der Waals surface area contributed by atoms with Crippen LogP contribution in [0.3, 0.4) is 0 Å². The van der Waals surface area contributed by atoms with Crippen LogP contribution in [0.2, 0.25) is 0 Å². The third kappa shape index (κ3) is 3.02. The van der Waals surface area contributed by atoms with E-state index in [1.165, 1.54) is 12.1 Å². The Balaban J connectivity index is 2.50. The highest BCUT2D eigenvalue weighted by Gasteiger charge is 2.34. The first-order valence-corrected chi connectivity index (χ1v) is 6.33. The van der Waals surface area contributed by atoms with E-state index in [4.69, 9.17) is 0 Å². The van der Waals surface area contributed by atoms with Gasteiger partial charge in [-0.1, -0.05) is 48.0 Å². The molecule has 20 heavy (non-hydrogen) atoms. The zero-order valence-electron chi connectivity index (χ0n) is 11.3. The van der Waals surface area contributed by atoms with Gasteiger partial charge in [-0.25, -0.2) is 0 Å². The van der Waals surface area contributed by atoms with Gasteiger partial charge in [-0.15, -0.1) is 0 Å². The third-order valence-corrected chi connectivity index (χ3v) is 3.28. The summed E-state index contributed by atoms with van der Waals surface area (Å²) in [5, 5.41) is 2.97. The zero-order chi connectivity index (χ0) is 14.8. The fourth-order valence-corrected chi connectivity index (χ4v) is 2.27. The lowest BCUT2D eigenvalue weighted by atomic mass is 9.94. The van der Waals surface area contributed by atoms with Gasteiger partial charge in [0.05, 0.1) is 11.6 Å². The summed E-state index contributed by atoms with van der Waals surface area (Å²) in [5.41, 5.74) is 1.54. The van der Waals surface area contributed by atoms with Gasteiger partial charge in [-0.05, 0) is 31.2 Å². The van der Waals surface area contributed by atoms with E-state index in [2.05, 4.69) is 5.32 Å². The molecule has 2 rings (SSSR count). The van der Waals surface area contributed by atoms with Crippen molar-refractivity contribution < 1.29 is 13.2 Å². The number of halogens is 3. The minimum absolute atomic E-state index is 0.242. The molecular formula is C16H16F3N. The van der Waals surface area contributed by atoms with Gasteiger partial charge in [0, 0.05) is 0 Å². The highest BCUT2D eigenvalue weighted by molar-refractivity contribution is 5.39. The van der Waals surface area contributed by atoms with Crippen molar-refractivity contribution in [3.05, 3.63) is 70.8 Å². The monoisotopic (exact) mass is 279 g/mol. The van der Waals surface area contributed by atoms with Crippen LogP contribution in [-0.2, 0) is 6.18 Å². The van der Waals surface area contributed by atoms with Crippen molar-refractivity contribution in [2.24, 2.45) is 0 Å². The van der Waals surface area contributed by atoms with Gasteiger partial charge in [0.1, 0.15) is 0 Å². The molecule has 0 radical (unpaired) electrons. The van der Waals surface area contributed by atoms with Gasteiger partial charge in [0.25, 0.3) is 0 Å². The second kappa shape index (κ2) is 5.67. The number of aryl methyl sites for hydroxylation is 1. The average molecular weight is 279 g/mol. The number of hydrogen-bond donors (Lipinski definition) is 1. The number of benzene rings is 2. The molecule has 0 saturated heterocycles. The van der Waals surface area contributed by atoms with Crippen LogP contribution in [0.5, 0.6) is 0 Å². The molecule has 2 aromatic carbocycles. The van der Waals surface area contributed by atoms with Crippen molar-refractivity contribution in [3.8, 4) is 0 Å². The van der Waals surface area contributed by atoms with Gasteiger partial charge in [-0.3, -0.25) is 0 Å². The maximum atomic E-state index is 13.1. The van der Waals surface area contributed by atoms with Crippen molar-refractivity contribution in [1.82, 2.24) is 5.32 Å². The number of alkyl halides is 3. The predicted molar refractivity (Wildman–Crippen MR) is 73.5 cm³/mol. The van der Waals surface area contributed by atoms with E-state index < -0.39 is 17.8 Å². The molecule has 1 unspecified atom stereocenters. The molecule has 2 aromatic rings. The molecule has 0 saturated carbocycles. The molecule has 0 aliphatic carbocycles. The van der Waals surface area contributed by atoms with E-state index in [-0.39, 0.29) is 5.56 Å². The number of nitrogens with one attached hydrogen (secondary N) is 1. The van der Waals surface area contributed by atoms with E-state index in [0.29, 0.717) is 0 Å². The van der Waals surface area contributed by atoms with Crippen LogP contribution >= 0.6 is 0 Å². The quantitative estimate of drug-likeness (QED) is 0.882. The Morgan fingerprint density at radius 2 is 1.55 bits per heavy atom. The first-order chi connectivity index (χ1) is 9.43. The predicted octanol–water partition coefficient (Wildman–Crippen LogP) is 4.32. The van der Waals surface area contributed by atoms with Crippen LogP contribution < -0.4 is 5.32 Å². The highest BCUT2D eigenvalue weighted by atomic mass is 19.4. The van der Waals surface area contributed by atoms with Crippen LogP contribution in [0.25, 0.3) is 0 Å². The summed E-state index contributed by atoms with van der Waals surface area (Å²) < 4.78 is 39.3. The Morgan fingerprint density at radius 1 is 0.950 bits per heavy atom. The van der Waals surface area contributed by atoms with Gasteiger partial charge >= 0.3 is 6.18 Å². The molecular weight excluding hydrogens is 263 g/mol. The molecule has 0 bridgehead atoms. The number of rotatable bonds is 3. The molecule has 0 aliphatic heterocycles. The summed E-state index contributed by atoms with van der Waals surface area (Å²) in [7, 11) is 1.66. The summed E-state index contributed by atoms with van der Waals surface area (Å²) >= 11 is 0. The third-order valence-electron chi connectivity index (χ3n) is 3.28. The van der Waals surface area contributed by atoms with Crippen molar-refractivity contribution in [2.75, 3.05) is 7.05 Å². The highest BCUT2D eigenvalue weighted by Crippen LogP contribution is 2.36. The molecule has 1 nitrogen and oxygen atoms in total. The summed E-state index contributed by atoms with van der Waals surface area (Å²) in [5.74, 6) is 0. The second-order valence-electron chi connectivity index (χ2n) is 4.72. The smallest absolute Gasteiger partial charge is 0.309 e. The zero-order valence-corrected chi connectivity index (χ0v) is 11.3. The molecule has 0 amide bonds. The second-order valence-corrected chi connectivity index (χ2v) is 4.72. The Hall–Kier alpha value is -1.81. The van der Waals surface area contributed by atoms with E-state index in [1.54, 1.807) is 13.1 Å². The molecule has 4 heteroatoms.